The molecule has 0 bridgehead atoms. The summed E-state index contributed by atoms with van der Waals surface area (Å²) in [5, 5.41) is 12.6. The van der Waals surface area contributed by atoms with E-state index in [1.807, 2.05) is 0 Å². The number of ketones is 1. The van der Waals surface area contributed by atoms with Crippen molar-refractivity contribution in [3.8, 4) is 5.75 Å². The zero-order valence-corrected chi connectivity index (χ0v) is 13.7. The number of halogens is 3. The summed E-state index contributed by atoms with van der Waals surface area (Å²) < 4.78 is 39.2. The van der Waals surface area contributed by atoms with E-state index in [-0.39, 0.29) is 10.4 Å². The minimum Gasteiger partial charge on any atom is -0.507 e. The minimum absolute atomic E-state index is 0.182. The third kappa shape index (κ3) is 4.90. The molecular weight excluding hydrogens is 357 g/mol. The van der Waals surface area contributed by atoms with E-state index in [0.29, 0.717) is 0 Å². The Morgan fingerprint density at radius 1 is 1.20 bits per heavy atom. The lowest BCUT2D eigenvalue weighted by atomic mass is 10.1. The first-order chi connectivity index (χ1) is 11.7. The van der Waals surface area contributed by atoms with E-state index in [4.69, 9.17) is 0 Å². The van der Waals surface area contributed by atoms with Gasteiger partial charge in [0.15, 0.2) is 5.78 Å². The van der Waals surface area contributed by atoms with Gasteiger partial charge >= 0.3 is 6.18 Å². The number of aryl methyl sites for hydroxylation is 1. The summed E-state index contributed by atoms with van der Waals surface area (Å²) in [7, 11) is 0. The van der Waals surface area contributed by atoms with E-state index in [9.17, 15) is 27.9 Å². The van der Waals surface area contributed by atoms with Crippen molar-refractivity contribution >= 4 is 28.7 Å². The fourth-order valence-electron chi connectivity index (χ4n) is 1.87. The van der Waals surface area contributed by atoms with Crippen LogP contribution in [0, 0.1) is 6.92 Å². The molecule has 0 radical (unpaired) electrons. The van der Waals surface area contributed by atoms with Gasteiger partial charge in [-0.05, 0) is 31.2 Å². The summed E-state index contributed by atoms with van der Waals surface area (Å²) in [5.41, 5.74) is 0.0762. The summed E-state index contributed by atoms with van der Waals surface area (Å²) in [6.45, 7) is 1.73. The molecule has 0 unspecified atom stereocenters. The van der Waals surface area contributed by atoms with Gasteiger partial charge in [0, 0.05) is 4.88 Å². The molecular formula is C16H13F3N2O3S. The lowest BCUT2D eigenvalue weighted by Gasteiger charge is -2.10. The van der Waals surface area contributed by atoms with Gasteiger partial charge in [0.2, 0.25) is 0 Å². The van der Waals surface area contributed by atoms with Crippen LogP contribution in [0.2, 0.25) is 0 Å². The van der Waals surface area contributed by atoms with Gasteiger partial charge in [-0.2, -0.15) is 18.3 Å². The number of Topliss-reactive ketones (excluding diaryl/α,β-unsaturated/α-hetero) is 1. The highest BCUT2D eigenvalue weighted by Gasteiger charge is 2.37. The third-order valence-corrected chi connectivity index (χ3v) is 4.15. The van der Waals surface area contributed by atoms with Crippen molar-refractivity contribution in [1.29, 1.82) is 0 Å². The van der Waals surface area contributed by atoms with Crippen molar-refractivity contribution in [2.24, 2.45) is 5.10 Å². The fraction of sp³-hybridized carbons (Fsp3) is 0.188. The highest BCUT2D eigenvalue weighted by atomic mass is 32.1. The number of nitrogens with zero attached hydrogens (tertiary/aromatic N) is 1. The third-order valence-electron chi connectivity index (χ3n) is 3.11. The van der Waals surface area contributed by atoms with Crippen molar-refractivity contribution < 1.29 is 27.9 Å². The molecule has 0 fully saturated rings. The van der Waals surface area contributed by atoms with Gasteiger partial charge in [0.1, 0.15) is 11.5 Å². The van der Waals surface area contributed by atoms with Gasteiger partial charge in [-0.25, -0.2) is 5.43 Å². The number of rotatable bonds is 5. The van der Waals surface area contributed by atoms with Gasteiger partial charge < -0.3 is 5.11 Å². The Bertz CT molecular complexity index is 828. The van der Waals surface area contributed by atoms with Crippen molar-refractivity contribution in [3.05, 3.63) is 51.7 Å². The Balaban J connectivity index is 2.17. The second-order valence-corrected chi connectivity index (χ2v) is 6.31. The van der Waals surface area contributed by atoms with Crippen LogP contribution in [0.15, 0.2) is 41.5 Å². The molecule has 0 atom stereocenters. The average Bonchev–Trinajstić information content (AvgIpc) is 2.97. The number of aromatic hydroxyl groups is 1. The van der Waals surface area contributed by atoms with Gasteiger partial charge in [0.05, 0.1) is 16.9 Å². The molecule has 2 N–H and O–H groups in total. The number of para-hydroxylation sites is 1. The molecule has 0 aliphatic rings. The van der Waals surface area contributed by atoms with Crippen LogP contribution in [0.5, 0.6) is 5.75 Å². The number of phenolic OH excluding ortho intramolecular Hbond substituents is 1. The Morgan fingerprint density at radius 3 is 2.44 bits per heavy atom. The zero-order chi connectivity index (χ0) is 18.6. The number of hydrazone groups is 1. The quantitative estimate of drug-likeness (QED) is 0.479. The van der Waals surface area contributed by atoms with Crippen LogP contribution in [0.25, 0.3) is 0 Å². The first-order valence-corrected chi connectivity index (χ1v) is 7.82. The lowest BCUT2D eigenvalue weighted by Crippen LogP contribution is -2.30. The molecule has 0 saturated heterocycles. The molecule has 25 heavy (non-hydrogen) atoms. The molecule has 132 valence electrons. The monoisotopic (exact) mass is 370 g/mol. The number of thiophene rings is 1. The van der Waals surface area contributed by atoms with E-state index >= 15 is 0 Å². The number of amides is 1. The van der Waals surface area contributed by atoms with Gasteiger partial charge in [-0.3, -0.25) is 9.59 Å². The molecule has 1 amide bonds. The Labute approximate surface area is 144 Å². The SMILES string of the molecule is Cc1ccc(C(=O)C/C(=N\NC(=O)c2ccccc2O)C(F)(F)F)s1. The van der Waals surface area contributed by atoms with E-state index in [0.717, 1.165) is 16.2 Å². The fourth-order valence-corrected chi connectivity index (χ4v) is 2.68. The van der Waals surface area contributed by atoms with Crippen LogP contribution in [-0.2, 0) is 0 Å². The molecule has 9 heteroatoms. The number of carbonyl (C=O) groups excluding carboxylic acids is 2. The van der Waals surface area contributed by atoms with Crippen LogP contribution in [0.3, 0.4) is 0 Å². The lowest BCUT2D eigenvalue weighted by molar-refractivity contribution is -0.0605. The van der Waals surface area contributed by atoms with Crippen molar-refractivity contribution in [2.45, 2.75) is 19.5 Å². The number of hydrogen-bond acceptors (Lipinski definition) is 5. The predicted octanol–water partition coefficient (Wildman–Crippen LogP) is 3.68. The number of hydrogen-bond donors (Lipinski definition) is 2. The van der Waals surface area contributed by atoms with E-state index < -0.39 is 35.7 Å². The summed E-state index contributed by atoms with van der Waals surface area (Å²) in [6.07, 6.45) is -5.88. The minimum atomic E-state index is -4.88. The Hall–Kier alpha value is -2.68. The molecule has 0 aliphatic heterocycles. The average molecular weight is 370 g/mol. The van der Waals surface area contributed by atoms with Crippen LogP contribution < -0.4 is 5.43 Å². The predicted molar refractivity (Wildman–Crippen MR) is 87.1 cm³/mol. The first-order valence-electron chi connectivity index (χ1n) is 7.00. The summed E-state index contributed by atoms with van der Waals surface area (Å²) >= 11 is 1.08. The van der Waals surface area contributed by atoms with Crippen molar-refractivity contribution in [2.75, 3.05) is 0 Å². The maximum Gasteiger partial charge on any atom is 0.431 e. The highest BCUT2D eigenvalue weighted by Crippen LogP contribution is 2.23. The standard InChI is InChI=1S/C16H13F3N2O3S/c1-9-6-7-13(25-9)12(23)8-14(16(17,18)19)20-21-15(24)10-4-2-3-5-11(10)22/h2-7,22H,8H2,1H3,(H,21,24)/b20-14+. The normalized spacial score (nSPS) is 12.1. The summed E-state index contributed by atoms with van der Waals surface area (Å²) in [4.78, 5) is 24.8. The zero-order valence-electron chi connectivity index (χ0n) is 12.9. The maximum atomic E-state index is 13.1. The van der Waals surface area contributed by atoms with Crippen molar-refractivity contribution in [1.82, 2.24) is 5.43 Å². The Morgan fingerprint density at radius 2 is 1.88 bits per heavy atom. The molecule has 5 nitrogen and oxygen atoms in total. The molecule has 0 saturated carbocycles. The van der Waals surface area contributed by atoms with E-state index in [1.54, 1.807) is 18.4 Å². The van der Waals surface area contributed by atoms with Crippen molar-refractivity contribution in [3.63, 3.8) is 0 Å². The molecule has 1 heterocycles. The first kappa shape index (κ1) is 18.7. The number of benzene rings is 1. The second kappa shape index (κ2) is 7.47. The van der Waals surface area contributed by atoms with Gasteiger partial charge in [-0.1, -0.05) is 12.1 Å². The van der Waals surface area contributed by atoms with E-state index in [1.165, 1.54) is 30.3 Å². The van der Waals surface area contributed by atoms with E-state index in [2.05, 4.69) is 5.10 Å². The van der Waals surface area contributed by atoms with Crippen LogP contribution in [-0.4, -0.2) is 28.7 Å². The number of phenols is 1. The largest absolute Gasteiger partial charge is 0.507 e. The molecule has 2 aromatic rings. The van der Waals surface area contributed by atoms with Crippen LogP contribution in [0.4, 0.5) is 13.2 Å². The van der Waals surface area contributed by atoms with Crippen LogP contribution >= 0.6 is 11.3 Å². The topological polar surface area (TPSA) is 78.8 Å². The number of alkyl halides is 3. The molecule has 0 spiro atoms. The van der Waals surface area contributed by atoms with Gasteiger partial charge in [-0.15, -0.1) is 11.3 Å². The summed E-state index contributed by atoms with van der Waals surface area (Å²) in [6, 6.07) is 8.40. The molecule has 1 aromatic carbocycles. The number of carbonyl (C=O) groups is 2. The number of nitrogens with one attached hydrogen (secondary N) is 1. The van der Waals surface area contributed by atoms with Gasteiger partial charge in [0.25, 0.3) is 5.91 Å². The molecule has 1 aromatic heterocycles. The second-order valence-electron chi connectivity index (χ2n) is 5.02. The molecule has 2 rings (SSSR count). The highest BCUT2D eigenvalue weighted by molar-refractivity contribution is 7.14. The smallest absolute Gasteiger partial charge is 0.431 e. The molecule has 0 aliphatic carbocycles. The van der Waals surface area contributed by atoms with Crippen LogP contribution in [0.1, 0.15) is 31.3 Å². The maximum absolute atomic E-state index is 13.1. The summed E-state index contributed by atoms with van der Waals surface area (Å²) in [5.74, 6) is -2.15. The Kier molecular flexibility index (Phi) is 5.58.